The van der Waals surface area contributed by atoms with E-state index in [0.29, 0.717) is 18.6 Å². The summed E-state index contributed by atoms with van der Waals surface area (Å²) in [5.41, 5.74) is 6.89. The Morgan fingerprint density at radius 2 is 2.17 bits per heavy atom. The van der Waals surface area contributed by atoms with Crippen LogP contribution in [0.5, 0.6) is 0 Å². The number of fused-ring (bicyclic) bond motifs is 1. The van der Waals surface area contributed by atoms with Crippen molar-refractivity contribution >= 4 is 37.6 Å². The molecule has 0 spiro atoms. The lowest BCUT2D eigenvalue weighted by Crippen LogP contribution is -2.61. The van der Waals surface area contributed by atoms with E-state index < -0.39 is 32.9 Å². The summed E-state index contributed by atoms with van der Waals surface area (Å²) in [6.07, 6.45) is 1.47. The van der Waals surface area contributed by atoms with E-state index in [1.54, 1.807) is 12.1 Å². The summed E-state index contributed by atoms with van der Waals surface area (Å²) in [6, 6.07) is 5.33. The third kappa shape index (κ3) is 4.35. The molecule has 8 nitrogen and oxygen atoms in total. The van der Waals surface area contributed by atoms with Gasteiger partial charge in [0.25, 0.3) is 5.91 Å². The van der Waals surface area contributed by atoms with Crippen molar-refractivity contribution in [1.82, 2.24) is 4.90 Å². The van der Waals surface area contributed by atoms with Crippen molar-refractivity contribution in [3.05, 3.63) is 33.8 Å². The van der Waals surface area contributed by atoms with Crippen LogP contribution in [0.3, 0.4) is 0 Å². The van der Waals surface area contributed by atoms with Crippen LogP contribution in [0.2, 0.25) is 0 Å². The highest BCUT2D eigenvalue weighted by Crippen LogP contribution is 2.31. The molecule has 2 amide bonds. The summed E-state index contributed by atoms with van der Waals surface area (Å²) in [5.74, 6) is -1.27. The molecule has 0 aliphatic carbocycles. The molecule has 2 aliphatic rings. The summed E-state index contributed by atoms with van der Waals surface area (Å²) in [7, 11) is -3.95. The van der Waals surface area contributed by atoms with Gasteiger partial charge in [-0.05, 0) is 49.9 Å². The van der Waals surface area contributed by atoms with Crippen molar-refractivity contribution in [2.75, 3.05) is 19.4 Å². The minimum absolute atomic E-state index is 0.0997. The number of sulfone groups is 1. The summed E-state index contributed by atoms with van der Waals surface area (Å²) in [4.78, 5) is 26.6. The molecule has 1 aromatic rings. The van der Waals surface area contributed by atoms with Crippen molar-refractivity contribution in [3.8, 4) is 0 Å². The number of nitrogens with two attached hydrogens (primary N) is 1. The Kier molecular flexibility index (Phi) is 6.38. The summed E-state index contributed by atoms with van der Waals surface area (Å²) in [6.45, 7) is 1.93. The first-order valence-corrected chi connectivity index (χ1v) is 12.1. The Morgan fingerprint density at radius 3 is 2.76 bits per heavy atom. The van der Waals surface area contributed by atoms with Gasteiger partial charge in [-0.3, -0.25) is 9.59 Å². The number of rotatable bonds is 7. The van der Waals surface area contributed by atoms with Gasteiger partial charge in [-0.15, -0.1) is 0 Å². The molecule has 2 unspecified atom stereocenters. The maximum atomic E-state index is 12.8. The van der Waals surface area contributed by atoms with Crippen LogP contribution in [0.4, 0.5) is 0 Å². The number of nitrogens with zero attached hydrogens (tertiary/aromatic N) is 1. The molecule has 3 atom stereocenters. The lowest BCUT2D eigenvalue weighted by atomic mass is 10.0. The van der Waals surface area contributed by atoms with Crippen LogP contribution in [-0.4, -0.2) is 61.7 Å². The molecule has 0 bridgehead atoms. The van der Waals surface area contributed by atoms with Gasteiger partial charge in [-0.2, -0.15) is 0 Å². The molecule has 160 valence electrons. The first-order chi connectivity index (χ1) is 13.5. The molecule has 2 N–H and O–H groups in total. The van der Waals surface area contributed by atoms with E-state index in [4.69, 9.17) is 15.2 Å². The lowest BCUT2D eigenvalue weighted by Gasteiger charge is -2.38. The Labute approximate surface area is 178 Å². The molecule has 0 aromatic heterocycles. The predicted molar refractivity (Wildman–Crippen MR) is 110 cm³/mol. The molecule has 29 heavy (non-hydrogen) atoms. The number of amides is 2. The zero-order valence-corrected chi connectivity index (χ0v) is 18.8. The third-order valence-electron chi connectivity index (χ3n) is 5.66. The average Bonchev–Trinajstić information content (AvgIpc) is 2.95. The third-order valence-corrected chi connectivity index (χ3v) is 8.16. The lowest BCUT2D eigenvalue weighted by molar-refractivity contribution is -0.196. The first-order valence-electron chi connectivity index (χ1n) is 9.38. The number of carbonyl (C=O) groups is 2. The van der Waals surface area contributed by atoms with Gasteiger partial charge < -0.3 is 20.1 Å². The first kappa shape index (κ1) is 22.2. The fraction of sp³-hybridized carbons (Fsp3) is 0.579. The van der Waals surface area contributed by atoms with Crippen LogP contribution >= 0.6 is 15.9 Å². The van der Waals surface area contributed by atoms with E-state index in [1.165, 1.54) is 11.8 Å². The number of halogens is 1. The zero-order chi connectivity index (χ0) is 21.4. The van der Waals surface area contributed by atoms with Gasteiger partial charge in [-0.1, -0.05) is 15.9 Å². The maximum absolute atomic E-state index is 12.8. The van der Waals surface area contributed by atoms with Crippen molar-refractivity contribution in [2.24, 2.45) is 5.73 Å². The predicted octanol–water partition coefficient (Wildman–Crippen LogP) is 1.61. The summed E-state index contributed by atoms with van der Waals surface area (Å²) in [5, 5.41) is 0. The molecule has 0 radical (unpaired) electrons. The van der Waals surface area contributed by atoms with E-state index in [2.05, 4.69) is 15.9 Å². The van der Waals surface area contributed by atoms with Crippen LogP contribution < -0.4 is 5.73 Å². The Bertz CT molecular complexity index is 915. The van der Waals surface area contributed by atoms with Gasteiger partial charge in [0.15, 0.2) is 20.9 Å². The highest BCUT2D eigenvalue weighted by molar-refractivity contribution is 9.10. The smallest absolute Gasteiger partial charge is 0.254 e. The average molecular weight is 489 g/mol. The van der Waals surface area contributed by atoms with Crippen LogP contribution in [0, 0.1) is 0 Å². The standard InChI is InChI=1S/C19H25BrN2O6S/c1-19(18(21)24,29(2,25)26)15(28-16-5-3-4-8-27-16)11-22-10-12-9-13(20)6-7-14(12)17(22)23/h6-7,9,15-16H,3-5,8,10-11H2,1-2H3,(H2,21,24)/t15?,16?,19-/m1/s1. The molecule has 1 saturated heterocycles. The molecule has 10 heteroatoms. The van der Waals surface area contributed by atoms with Crippen molar-refractivity contribution in [2.45, 2.75) is 49.9 Å². The molecule has 1 fully saturated rings. The van der Waals surface area contributed by atoms with Crippen LogP contribution in [0.1, 0.15) is 42.1 Å². The van der Waals surface area contributed by atoms with E-state index in [0.717, 1.165) is 29.1 Å². The Balaban J connectivity index is 1.91. The van der Waals surface area contributed by atoms with E-state index >= 15 is 0 Å². The fourth-order valence-electron chi connectivity index (χ4n) is 3.63. The number of benzene rings is 1. The second-order valence-corrected chi connectivity index (χ2v) is 11.0. The topological polar surface area (TPSA) is 116 Å². The van der Waals surface area contributed by atoms with E-state index in [1.807, 2.05) is 6.07 Å². The van der Waals surface area contributed by atoms with Crippen molar-refractivity contribution in [1.29, 1.82) is 0 Å². The van der Waals surface area contributed by atoms with Gasteiger partial charge in [-0.25, -0.2) is 8.42 Å². The highest BCUT2D eigenvalue weighted by atomic mass is 79.9. The normalized spacial score (nSPS) is 22.8. The number of ether oxygens (including phenoxy) is 2. The molecule has 2 heterocycles. The molecule has 1 aromatic carbocycles. The maximum Gasteiger partial charge on any atom is 0.254 e. The minimum atomic E-state index is -3.95. The minimum Gasteiger partial charge on any atom is -0.368 e. The van der Waals surface area contributed by atoms with Crippen LogP contribution in [-0.2, 0) is 30.7 Å². The zero-order valence-electron chi connectivity index (χ0n) is 16.4. The van der Waals surface area contributed by atoms with Crippen molar-refractivity contribution in [3.63, 3.8) is 0 Å². The number of hydrogen-bond donors (Lipinski definition) is 1. The summed E-state index contributed by atoms with van der Waals surface area (Å²) >= 11 is 3.39. The molecular formula is C19H25BrN2O6S. The Morgan fingerprint density at radius 1 is 1.45 bits per heavy atom. The monoisotopic (exact) mass is 488 g/mol. The Hall–Kier alpha value is -1.49. The molecular weight excluding hydrogens is 464 g/mol. The fourth-order valence-corrected chi connectivity index (χ4v) is 5.01. The van der Waals surface area contributed by atoms with Gasteiger partial charge in [0.1, 0.15) is 6.10 Å². The second-order valence-electron chi connectivity index (χ2n) is 7.65. The van der Waals surface area contributed by atoms with Crippen molar-refractivity contribution < 1.29 is 27.5 Å². The molecule has 3 rings (SSSR count). The van der Waals surface area contributed by atoms with E-state index in [9.17, 15) is 18.0 Å². The highest BCUT2D eigenvalue weighted by Gasteiger charge is 2.52. The van der Waals surface area contributed by atoms with Gasteiger partial charge in [0.2, 0.25) is 5.91 Å². The SMILES string of the molecule is C[C@](C(N)=O)(C(CN1Cc2cc(Br)ccc2C1=O)OC1CCCCO1)S(C)(=O)=O. The second kappa shape index (κ2) is 8.33. The van der Waals surface area contributed by atoms with E-state index in [-0.39, 0.29) is 19.0 Å². The largest absolute Gasteiger partial charge is 0.368 e. The number of hydrogen-bond acceptors (Lipinski definition) is 6. The number of primary amides is 1. The van der Waals surface area contributed by atoms with Gasteiger partial charge in [0.05, 0.1) is 0 Å². The quantitative estimate of drug-likeness (QED) is 0.622. The molecule has 0 saturated carbocycles. The van der Waals surface area contributed by atoms with Gasteiger partial charge >= 0.3 is 0 Å². The van der Waals surface area contributed by atoms with Crippen LogP contribution in [0.15, 0.2) is 22.7 Å². The van der Waals surface area contributed by atoms with Crippen LogP contribution in [0.25, 0.3) is 0 Å². The number of carbonyl (C=O) groups excluding carboxylic acids is 2. The molecule has 2 aliphatic heterocycles. The van der Waals surface area contributed by atoms with Gasteiger partial charge in [0, 0.05) is 36.0 Å². The summed E-state index contributed by atoms with van der Waals surface area (Å²) < 4.78 is 35.5.